The van der Waals surface area contributed by atoms with Gasteiger partial charge in [0.25, 0.3) is 0 Å². The second-order valence-corrected chi connectivity index (χ2v) is 6.56. The molecule has 0 saturated carbocycles. The van der Waals surface area contributed by atoms with Crippen molar-refractivity contribution in [3.8, 4) is 5.69 Å². The lowest BCUT2D eigenvalue weighted by molar-refractivity contribution is -0.113. The Hall–Kier alpha value is -2.74. The molecule has 3 rings (SSSR count). The average molecular weight is 374 g/mol. The Balaban J connectivity index is 1.73. The van der Waals surface area contributed by atoms with Crippen molar-refractivity contribution in [2.24, 2.45) is 0 Å². The van der Waals surface area contributed by atoms with Crippen LogP contribution < -0.4 is 5.32 Å². The van der Waals surface area contributed by atoms with E-state index in [1.54, 1.807) is 0 Å². The second-order valence-electron chi connectivity index (χ2n) is 5.61. The summed E-state index contributed by atoms with van der Waals surface area (Å²) in [5.41, 5.74) is 1.92. The number of amides is 1. The maximum atomic E-state index is 13.6. The van der Waals surface area contributed by atoms with Gasteiger partial charge in [-0.05, 0) is 37.6 Å². The molecule has 1 heterocycles. The highest BCUT2D eigenvalue weighted by Gasteiger charge is 2.15. The number of nitrogens with one attached hydrogen (secondary N) is 1. The van der Waals surface area contributed by atoms with Crippen LogP contribution in [0.4, 0.5) is 14.5 Å². The summed E-state index contributed by atoms with van der Waals surface area (Å²) in [5, 5.41) is 11.2. The molecule has 0 bridgehead atoms. The number of aryl methyl sites for hydroxylation is 2. The number of nitrogens with zero attached hydrogens (tertiary/aromatic N) is 3. The Bertz CT molecular complexity index is 958. The number of thioether (sulfide) groups is 1. The van der Waals surface area contributed by atoms with Crippen LogP contribution in [0.15, 0.2) is 47.6 Å². The summed E-state index contributed by atoms with van der Waals surface area (Å²) in [6.07, 6.45) is 0. The number of anilines is 1. The predicted molar refractivity (Wildman–Crippen MR) is 96.5 cm³/mol. The molecule has 0 radical (unpaired) electrons. The highest BCUT2D eigenvalue weighted by Crippen LogP contribution is 2.24. The highest BCUT2D eigenvalue weighted by atomic mass is 32.2. The van der Waals surface area contributed by atoms with Crippen LogP contribution in [0.5, 0.6) is 0 Å². The molecule has 0 fully saturated rings. The van der Waals surface area contributed by atoms with Gasteiger partial charge in [0.15, 0.2) is 5.16 Å². The molecule has 0 saturated heterocycles. The van der Waals surface area contributed by atoms with Gasteiger partial charge in [0.05, 0.1) is 17.1 Å². The first kappa shape index (κ1) is 18.1. The number of hydrogen-bond acceptors (Lipinski definition) is 4. The van der Waals surface area contributed by atoms with E-state index in [9.17, 15) is 13.6 Å². The van der Waals surface area contributed by atoms with E-state index in [4.69, 9.17) is 0 Å². The Morgan fingerprint density at radius 3 is 2.65 bits per heavy atom. The summed E-state index contributed by atoms with van der Waals surface area (Å²) in [6.45, 7) is 3.81. The molecule has 0 unspecified atom stereocenters. The quantitative estimate of drug-likeness (QED) is 0.688. The van der Waals surface area contributed by atoms with Crippen molar-refractivity contribution in [1.82, 2.24) is 14.8 Å². The van der Waals surface area contributed by atoms with Crippen LogP contribution in [0.1, 0.15) is 11.4 Å². The first-order chi connectivity index (χ1) is 12.5. The van der Waals surface area contributed by atoms with E-state index in [1.807, 2.05) is 42.7 Å². The summed E-state index contributed by atoms with van der Waals surface area (Å²) in [4.78, 5) is 12.1. The van der Waals surface area contributed by atoms with Crippen LogP contribution in [0, 0.1) is 25.5 Å². The minimum Gasteiger partial charge on any atom is -0.323 e. The molecule has 0 aliphatic rings. The van der Waals surface area contributed by atoms with Crippen molar-refractivity contribution >= 4 is 23.4 Å². The predicted octanol–water partition coefficient (Wildman–Crippen LogP) is 3.89. The van der Waals surface area contributed by atoms with Gasteiger partial charge in [-0.3, -0.25) is 9.36 Å². The number of rotatable bonds is 5. The van der Waals surface area contributed by atoms with Crippen molar-refractivity contribution in [2.75, 3.05) is 11.1 Å². The van der Waals surface area contributed by atoms with Gasteiger partial charge >= 0.3 is 0 Å². The molecule has 0 atom stereocenters. The minimum absolute atomic E-state index is 0.0147. The summed E-state index contributed by atoms with van der Waals surface area (Å²) >= 11 is 1.19. The van der Waals surface area contributed by atoms with Crippen molar-refractivity contribution in [3.05, 3.63) is 65.5 Å². The van der Waals surface area contributed by atoms with E-state index in [-0.39, 0.29) is 11.4 Å². The van der Waals surface area contributed by atoms with Crippen LogP contribution in [-0.2, 0) is 4.79 Å². The summed E-state index contributed by atoms with van der Waals surface area (Å²) in [7, 11) is 0. The molecule has 134 valence electrons. The van der Waals surface area contributed by atoms with Gasteiger partial charge in [0.1, 0.15) is 17.5 Å². The number of para-hydroxylation sites is 1. The van der Waals surface area contributed by atoms with E-state index in [0.29, 0.717) is 11.0 Å². The van der Waals surface area contributed by atoms with Crippen molar-refractivity contribution in [1.29, 1.82) is 0 Å². The zero-order chi connectivity index (χ0) is 18.7. The van der Waals surface area contributed by atoms with Crippen molar-refractivity contribution in [3.63, 3.8) is 0 Å². The number of aromatic nitrogens is 3. The van der Waals surface area contributed by atoms with Gasteiger partial charge in [-0.1, -0.05) is 30.0 Å². The third-order valence-corrected chi connectivity index (χ3v) is 4.62. The van der Waals surface area contributed by atoms with E-state index in [1.165, 1.54) is 17.8 Å². The van der Waals surface area contributed by atoms with Crippen LogP contribution in [0.25, 0.3) is 5.69 Å². The Morgan fingerprint density at radius 2 is 1.92 bits per heavy atom. The van der Waals surface area contributed by atoms with Gasteiger partial charge in [-0.2, -0.15) is 0 Å². The molecule has 0 spiro atoms. The molecular weight excluding hydrogens is 358 g/mol. The third-order valence-electron chi connectivity index (χ3n) is 3.69. The number of hydrogen-bond donors (Lipinski definition) is 1. The number of carbonyl (C=O) groups excluding carboxylic acids is 1. The van der Waals surface area contributed by atoms with Gasteiger partial charge in [0.2, 0.25) is 5.91 Å². The third kappa shape index (κ3) is 3.91. The van der Waals surface area contributed by atoms with Crippen LogP contribution in [-0.4, -0.2) is 26.4 Å². The van der Waals surface area contributed by atoms with Crippen LogP contribution in [0.2, 0.25) is 0 Å². The van der Waals surface area contributed by atoms with Gasteiger partial charge < -0.3 is 5.32 Å². The second kappa shape index (κ2) is 7.65. The molecule has 0 aliphatic heterocycles. The van der Waals surface area contributed by atoms with E-state index in [2.05, 4.69) is 15.5 Å². The standard InChI is InChI=1S/C18H16F2N4OS/c1-11-5-3-4-6-16(11)24-12(2)22-23-18(24)26-10-17(25)21-15-8-7-13(19)9-14(15)20/h3-9H,10H2,1-2H3,(H,21,25). The summed E-state index contributed by atoms with van der Waals surface area (Å²) in [5.74, 6) is -1.22. The summed E-state index contributed by atoms with van der Waals surface area (Å²) < 4.78 is 28.4. The van der Waals surface area contributed by atoms with Crippen LogP contribution in [0.3, 0.4) is 0 Å². The fourth-order valence-corrected chi connectivity index (χ4v) is 3.23. The lowest BCUT2D eigenvalue weighted by atomic mass is 10.2. The van der Waals surface area contributed by atoms with Gasteiger partial charge in [-0.25, -0.2) is 8.78 Å². The molecule has 1 aromatic heterocycles. The highest BCUT2D eigenvalue weighted by molar-refractivity contribution is 7.99. The molecule has 2 aromatic carbocycles. The maximum Gasteiger partial charge on any atom is 0.234 e. The molecule has 0 aliphatic carbocycles. The summed E-state index contributed by atoms with van der Waals surface area (Å²) in [6, 6.07) is 10.8. The van der Waals surface area contributed by atoms with Crippen molar-refractivity contribution in [2.45, 2.75) is 19.0 Å². The zero-order valence-electron chi connectivity index (χ0n) is 14.2. The molecular formula is C18H16F2N4OS. The maximum absolute atomic E-state index is 13.6. The molecule has 3 aromatic rings. The molecule has 1 amide bonds. The molecule has 26 heavy (non-hydrogen) atoms. The Labute approximate surface area is 153 Å². The van der Waals surface area contributed by atoms with E-state index in [0.717, 1.165) is 23.4 Å². The average Bonchev–Trinajstić information content (AvgIpc) is 2.97. The Kier molecular flexibility index (Phi) is 5.32. The number of halogens is 2. The first-order valence-electron chi connectivity index (χ1n) is 7.81. The monoisotopic (exact) mass is 374 g/mol. The minimum atomic E-state index is -0.817. The normalized spacial score (nSPS) is 10.8. The first-order valence-corrected chi connectivity index (χ1v) is 8.80. The van der Waals surface area contributed by atoms with Crippen LogP contribution >= 0.6 is 11.8 Å². The zero-order valence-corrected chi connectivity index (χ0v) is 15.0. The Morgan fingerprint density at radius 1 is 1.15 bits per heavy atom. The fraction of sp³-hybridized carbons (Fsp3) is 0.167. The number of benzene rings is 2. The number of carbonyl (C=O) groups is 1. The molecule has 8 heteroatoms. The lowest BCUT2D eigenvalue weighted by Gasteiger charge is -2.11. The lowest BCUT2D eigenvalue weighted by Crippen LogP contribution is -2.15. The SMILES string of the molecule is Cc1ccccc1-n1c(C)nnc1SCC(=O)Nc1ccc(F)cc1F. The van der Waals surface area contributed by atoms with E-state index >= 15 is 0 Å². The molecule has 5 nitrogen and oxygen atoms in total. The van der Waals surface area contributed by atoms with Gasteiger partial charge in [0, 0.05) is 6.07 Å². The van der Waals surface area contributed by atoms with E-state index < -0.39 is 17.5 Å². The largest absolute Gasteiger partial charge is 0.323 e. The van der Waals surface area contributed by atoms with Gasteiger partial charge in [-0.15, -0.1) is 10.2 Å². The fourth-order valence-electron chi connectivity index (χ4n) is 2.44. The molecule has 1 N–H and O–H groups in total. The van der Waals surface area contributed by atoms with Crippen molar-refractivity contribution < 1.29 is 13.6 Å². The topological polar surface area (TPSA) is 59.8 Å². The smallest absolute Gasteiger partial charge is 0.234 e.